The van der Waals surface area contributed by atoms with Gasteiger partial charge in [0.25, 0.3) is 0 Å². The third kappa shape index (κ3) is 2.68. The average molecular weight is 286 g/mol. The Morgan fingerprint density at radius 2 is 1.95 bits per heavy atom. The van der Waals surface area contributed by atoms with Crippen molar-refractivity contribution in [1.29, 1.82) is 0 Å². The largest absolute Gasteiger partial charge is 0.479 e. The molecule has 2 rings (SSSR count). The number of amides is 2. The van der Waals surface area contributed by atoms with Gasteiger partial charge in [0.05, 0.1) is 0 Å². The van der Waals surface area contributed by atoms with Gasteiger partial charge in [-0.2, -0.15) is 11.8 Å². The number of nitrogens with zero attached hydrogens (tertiary/aromatic N) is 2. The summed E-state index contributed by atoms with van der Waals surface area (Å²) in [5, 5.41) is 9.60. The third-order valence-corrected chi connectivity index (χ3v) is 5.01. The van der Waals surface area contributed by atoms with Gasteiger partial charge in [-0.15, -0.1) is 0 Å². The third-order valence-electron chi connectivity index (χ3n) is 4.06. The maximum absolute atomic E-state index is 12.6. The molecular weight excluding hydrogens is 264 g/mol. The van der Waals surface area contributed by atoms with Crippen LogP contribution in [-0.4, -0.2) is 63.6 Å². The van der Waals surface area contributed by atoms with E-state index in [4.69, 9.17) is 0 Å². The Kier molecular flexibility index (Phi) is 4.60. The number of aliphatic carboxylic acids is 1. The first-order chi connectivity index (χ1) is 9.12. The van der Waals surface area contributed by atoms with Crippen molar-refractivity contribution in [2.75, 3.05) is 31.1 Å². The molecule has 0 aliphatic carbocycles. The number of carboxylic acids is 1. The fourth-order valence-electron chi connectivity index (χ4n) is 3.09. The van der Waals surface area contributed by atoms with Crippen molar-refractivity contribution in [3.8, 4) is 0 Å². The van der Waals surface area contributed by atoms with Crippen molar-refractivity contribution >= 4 is 23.8 Å². The molecule has 1 N–H and O–H groups in total. The molecule has 6 heteroatoms. The SMILES string of the molecule is CCCC1(C(=O)O)CCCN1C(=O)N1CCSCC1. The first-order valence-electron chi connectivity index (χ1n) is 6.99. The first kappa shape index (κ1) is 14.5. The van der Waals surface area contributed by atoms with Crippen LogP contribution >= 0.6 is 11.8 Å². The molecule has 2 aliphatic heterocycles. The van der Waals surface area contributed by atoms with Gasteiger partial charge in [0.2, 0.25) is 0 Å². The molecule has 1 atom stereocenters. The van der Waals surface area contributed by atoms with Gasteiger partial charge in [-0.25, -0.2) is 9.59 Å². The topological polar surface area (TPSA) is 60.9 Å². The fraction of sp³-hybridized carbons (Fsp3) is 0.846. The van der Waals surface area contributed by atoms with E-state index < -0.39 is 11.5 Å². The lowest BCUT2D eigenvalue weighted by molar-refractivity contribution is -0.148. The zero-order chi connectivity index (χ0) is 13.9. The lowest BCUT2D eigenvalue weighted by atomic mass is 9.91. The number of likely N-dealkylation sites (tertiary alicyclic amines) is 1. The molecule has 0 spiro atoms. The smallest absolute Gasteiger partial charge is 0.329 e. The van der Waals surface area contributed by atoms with E-state index in [0.717, 1.165) is 37.4 Å². The predicted octanol–water partition coefficient (Wildman–Crippen LogP) is 1.87. The van der Waals surface area contributed by atoms with Crippen LogP contribution in [0.5, 0.6) is 0 Å². The standard InChI is InChI=1S/C13H22N2O3S/c1-2-4-13(11(16)17)5-3-6-15(13)12(18)14-7-9-19-10-8-14/h2-10H2,1H3,(H,16,17). The van der Waals surface area contributed by atoms with Crippen LogP contribution in [0.4, 0.5) is 4.79 Å². The number of thioether (sulfide) groups is 1. The highest BCUT2D eigenvalue weighted by molar-refractivity contribution is 7.99. The molecule has 2 saturated heterocycles. The van der Waals surface area contributed by atoms with Gasteiger partial charge in [0.15, 0.2) is 0 Å². The normalized spacial score (nSPS) is 27.6. The highest BCUT2D eigenvalue weighted by atomic mass is 32.2. The number of carboxylic acid groups (broad SMARTS) is 1. The molecule has 2 amide bonds. The summed E-state index contributed by atoms with van der Waals surface area (Å²) in [6.07, 6.45) is 2.72. The van der Waals surface area contributed by atoms with Gasteiger partial charge in [-0.1, -0.05) is 13.3 Å². The van der Waals surface area contributed by atoms with E-state index in [1.807, 2.05) is 23.6 Å². The summed E-state index contributed by atoms with van der Waals surface area (Å²) in [4.78, 5) is 27.7. The minimum absolute atomic E-state index is 0.0753. The molecule has 2 fully saturated rings. The molecule has 0 saturated carbocycles. The second-order valence-electron chi connectivity index (χ2n) is 5.22. The van der Waals surface area contributed by atoms with Crippen molar-refractivity contribution in [3.05, 3.63) is 0 Å². The Balaban J connectivity index is 2.16. The summed E-state index contributed by atoms with van der Waals surface area (Å²) >= 11 is 1.85. The van der Waals surface area contributed by atoms with Gasteiger partial charge in [-0.05, 0) is 19.3 Å². The number of carbonyl (C=O) groups excluding carboxylic acids is 1. The van der Waals surface area contributed by atoms with Crippen LogP contribution in [0, 0.1) is 0 Å². The predicted molar refractivity (Wildman–Crippen MR) is 75.5 cm³/mol. The highest BCUT2D eigenvalue weighted by Gasteiger charge is 2.50. The number of hydrogen-bond acceptors (Lipinski definition) is 3. The molecule has 0 radical (unpaired) electrons. The quantitative estimate of drug-likeness (QED) is 0.860. The zero-order valence-electron chi connectivity index (χ0n) is 11.4. The maximum Gasteiger partial charge on any atom is 0.329 e. The van der Waals surface area contributed by atoms with E-state index >= 15 is 0 Å². The van der Waals surface area contributed by atoms with Gasteiger partial charge in [-0.3, -0.25) is 0 Å². The Hall–Kier alpha value is -0.910. The molecular formula is C13H22N2O3S. The molecule has 0 bridgehead atoms. The molecule has 5 nitrogen and oxygen atoms in total. The molecule has 0 aromatic rings. The van der Waals surface area contributed by atoms with Gasteiger partial charge in [0, 0.05) is 31.1 Å². The van der Waals surface area contributed by atoms with E-state index in [1.165, 1.54) is 0 Å². The summed E-state index contributed by atoms with van der Waals surface area (Å²) in [5.41, 5.74) is -0.962. The Bertz CT molecular complexity index is 358. The molecule has 19 heavy (non-hydrogen) atoms. The Morgan fingerprint density at radius 3 is 2.53 bits per heavy atom. The van der Waals surface area contributed by atoms with Crippen LogP contribution in [0.1, 0.15) is 32.6 Å². The highest BCUT2D eigenvalue weighted by Crippen LogP contribution is 2.35. The number of carbonyl (C=O) groups is 2. The minimum atomic E-state index is -0.962. The van der Waals surface area contributed by atoms with E-state index in [0.29, 0.717) is 19.4 Å². The fourth-order valence-corrected chi connectivity index (χ4v) is 3.99. The van der Waals surface area contributed by atoms with E-state index in [2.05, 4.69) is 0 Å². The van der Waals surface area contributed by atoms with Gasteiger partial charge in [0.1, 0.15) is 5.54 Å². The van der Waals surface area contributed by atoms with Crippen molar-refractivity contribution in [2.45, 2.75) is 38.1 Å². The Morgan fingerprint density at radius 1 is 1.26 bits per heavy atom. The Labute approximate surface area is 118 Å². The number of urea groups is 1. The average Bonchev–Trinajstić information content (AvgIpc) is 2.84. The number of rotatable bonds is 3. The van der Waals surface area contributed by atoms with Crippen molar-refractivity contribution in [3.63, 3.8) is 0 Å². The van der Waals surface area contributed by atoms with E-state index in [-0.39, 0.29) is 6.03 Å². The van der Waals surface area contributed by atoms with Gasteiger partial charge >= 0.3 is 12.0 Å². The van der Waals surface area contributed by atoms with Crippen LogP contribution < -0.4 is 0 Å². The lowest BCUT2D eigenvalue weighted by Crippen LogP contribution is -2.57. The van der Waals surface area contributed by atoms with Crippen LogP contribution in [0.3, 0.4) is 0 Å². The van der Waals surface area contributed by atoms with Crippen LogP contribution in [0.15, 0.2) is 0 Å². The van der Waals surface area contributed by atoms with Gasteiger partial charge < -0.3 is 14.9 Å². The summed E-state index contributed by atoms with van der Waals surface area (Å²) < 4.78 is 0. The summed E-state index contributed by atoms with van der Waals surface area (Å²) in [5.74, 6) is 1.06. The summed E-state index contributed by atoms with van der Waals surface area (Å²) in [7, 11) is 0. The number of hydrogen-bond donors (Lipinski definition) is 1. The molecule has 0 aromatic heterocycles. The molecule has 108 valence electrons. The summed E-state index contributed by atoms with van der Waals surface area (Å²) in [6.45, 7) is 4.03. The summed E-state index contributed by atoms with van der Waals surface area (Å²) in [6, 6.07) is -0.0753. The van der Waals surface area contributed by atoms with Crippen LogP contribution in [0.2, 0.25) is 0 Å². The molecule has 1 unspecified atom stereocenters. The molecule has 0 aromatic carbocycles. The van der Waals surface area contributed by atoms with E-state index in [1.54, 1.807) is 4.90 Å². The van der Waals surface area contributed by atoms with E-state index in [9.17, 15) is 14.7 Å². The van der Waals surface area contributed by atoms with Crippen molar-refractivity contribution < 1.29 is 14.7 Å². The minimum Gasteiger partial charge on any atom is -0.479 e. The molecule has 2 heterocycles. The monoisotopic (exact) mass is 286 g/mol. The zero-order valence-corrected chi connectivity index (χ0v) is 12.2. The first-order valence-corrected chi connectivity index (χ1v) is 8.15. The van der Waals surface area contributed by atoms with Crippen molar-refractivity contribution in [2.24, 2.45) is 0 Å². The second-order valence-corrected chi connectivity index (χ2v) is 6.45. The maximum atomic E-state index is 12.6. The molecule has 2 aliphatic rings. The van der Waals surface area contributed by atoms with Crippen LogP contribution in [-0.2, 0) is 4.79 Å². The van der Waals surface area contributed by atoms with Crippen molar-refractivity contribution in [1.82, 2.24) is 9.80 Å². The second kappa shape index (κ2) is 6.03. The lowest BCUT2D eigenvalue weighted by Gasteiger charge is -2.39. The van der Waals surface area contributed by atoms with Crippen LogP contribution in [0.25, 0.3) is 0 Å².